The summed E-state index contributed by atoms with van der Waals surface area (Å²) in [5.41, 5.74) is 2.26. The maximum Gasteiger partial charge on any atom is 0.196 e. The van der Waals surface area contributed by atoms with Crippen LogP contribution >= 0.6 is 11.3 Å². The summed E-state index contributed by atoms with van der Waals surface area (Å²) in [4.78, 5) is 19.6. The average Bonchev–Trinajstić information content (AvgIpc) is 3.32. The van der Waals surface area contributed by atoms with E-state index in [1.165, 1.54) is 19.3 Å². The molecule has 0 N–H and O–H groups in total. The van der Waals surface area contributed by atoms with Crippen LogP contribution in [0.5, 0.6) is 11.5 Å². The number of methoxy groups -OCH3 is 2. The summed E-state index contributed by atoms with van der Waals surface area (Å²) in [5.74, 6) is 2.40. The molecule has 2 aromatic heterocycles. The molecule has 1 aliphatic heterocycles. The van der Waals surface area contributed by atoms with Crippen LogP contribution < -0.4 is 14.5 Å². The maximum absolute atomic E-state index is 13.9. The number of fused-ring (bicyclic) bond motifs is 1. The highest BCUT2D eigenvalue weighted by Crippen LogP contribution is 2.41. The van der Waals surface area contributed by atoms with Gasteiger partial charge in [0, 0.05) is 51.9 Å². The van der Waals surface area contributed by atoms with Gasteiger partial charge in [-0.15, -0.1) is 11.3 Å². The van der Waals surface area contributed by atoms with Gasteiger partial charge < -0.3 is 9.47 Å². The number of carbonyl (C=O) groups is 1. The largest absolute Gasteiger partial charge is 0.497 e. The Morgan fingerprint density at radius 3 is 2.33 bits per heavy atom. The molecule has 0 saturated carbocycles. The first-order chi connectivity index (χ1) is 17.6. The van der Waals surface area contributed by atoms with Crippen molar-refractivity contribution in [3.05, 3.63) is 71.9 Å². The number of aromatic nitrogens is 1. The predicted molar refractivity (Wildman–Crippen MR) is 146 cm³/mol. The van der Waals surface area contributed by atoms with Crippen molar-refractivity contribution >= 4 is 33.0 Å². The van der Waals surface area contributed by atoms with Crippen molar-refractivity contribution in [3.8, 4) is 21.9 Å². The Hall–Kier alpha value is -3.42. The lowest BCUT2D eigenvalue weighted by Crippen LogP contribution is -2.46. The van der Waals surface area contributed by atoms with Gasteiger partial charge in [0.15, 0.2) is 5.78 Å². The fraction of sp³-hybridized carbons (Fsp3) is 0.310. The molecule has 0 bridgehead atoms. The van der Waals surface area contributed by atoms with E-state index in [-0.39, 0.29) is 5.78 Å². The summed E-state index contributed by atoms with van der Waals surface area (Å²) < 4.78 is 11.8. The molecular weight excluding hydrogens is 470 g/mol. The van der Waals surface area contributed by atoms with Gasteiger partial charge in [-0.1, -0.05) is 6.42 Å². The molecule has 3 heterocycles. The van der Waals surface area contributed by atoms with Gasteiger partial charge in [0.05, 0.1) is 14.2 Å². The Balaban J connectivity index is 1.53. The highest BCUT2D eigenvalue weighted by atomic mass is 32.1. The number of thiophene rings is 1. The molecule has 1 saturated heterocycles. The number of nitrogens with zero attached hydrogens (tertiary/aromatic N) is 3. The molecule has 186 valence electrons. The third-order valence-electron chi connectivity index (χ3n) is 6.72. The molecule has 36 heavy (non-hydrogen) atoms. The first-order valence-electron chi connectivity index (χ1n) is 12.4. The Morgan fingerprint density at radius 1 is 0.972 bits per heavy atom. The number of ketones is 1. The number of benzene rings is 2. The molecule has 0 unspecified atom stereocenters. The van der Waals surface area contributed by atoms with Gasteiger partial charge in [-0.25, -0.2) is 9.99 Å². The lowest BCUT2D eigenvalue weighted by molar-refractivity contribution is 0.104. The van der Waals surface area contributed by atoms with Gasteiger partial charge in [0.25, 0.3) is 0 Å². The summed E-state index contributed by atoms with van der Waals surface area (Å²) in [6.07, 6.45) is 5.41. The van der Waals surface area contributed by atoms with E-state index in [0.29, 0.717) is 11.1 Å². The molecule has 0 amide bonds. The van der Waals surface area contributed by atoms with Crippen molar-refractivity contribution in [3.63, 3.8) is 0 Å². The zero-order valence-electron chi connectivity index (χ0n) is 21.0. The van der Waals surface area contributed by atoms with Crippen LogP contribution in [-0.2, 0) is 0 Å². The Morgan fingerprint density at radius 2 is 1.69 bits per heavy atom. The molecule has 5 rings (SSSR count). The number of hydrogen-bond donors (Lipinski definition) is 0. The van der Waals surface area contributed by atoms with E-state index in [4.69, 9.17) is 14.5 Å². The van der Waals surface area contributed by atoms with Crippen LogP contribution in [0, 0.1) is 0 Å². The van der Waals surface area contributed by atoms with E-state index in [1.807, 2.05) is 54.6 Å². The smallest absolute Gasteiger partial charge is 0.196 e. The van der Waals surface area contributed by atoms with Gasteiger partial charge in [0.1, 0.15) is 17.3 Å². The third-order valence-corrected chi connectivity index (χ3v) is 7.93. The van der Waals surface area contributed by atoms with E-state index in [1.54, 1.807) is 31.8 Å². The molecule has 7 heteroatoms. The number of carbonyl (C=O) groups excluding carboxylic acids is 1. The van der Waals surface area contributed by atoms with Crippen LogP contribution in [-0.4, -0.2) is 49.6 Å². The second-order valence-electron chi connectivity index (χ2n) is 8.86. The second-order valence-corrected chi connectivity index (χ2v) is 9.91. The maximum atomic E-state index is 13.9. The zero-order valence-corrected chi connectivity index (χ0v) is 21.8. The normalized spacial score (nSPS) is 14.1. The van der Waals surface area contributed by atoms with Crippen molar-refractivity contribution in [2.24, 2.45) is 0 Å². The molecule has 1 aliphatic rings. The Bertz CT molecular complexity index is 1340. The Labute approximate surface area is 216 Å². The predicted octanol–water partition coefficient (Wildman–Crippen LogP) is 6.44. The minimum Gasteiger partial charge on any atom is -0.497 e. The molecule has 0 radical (unpaired) electrons. The molecular formula is C29H31N3O3S. The minimum atomic E-state index is -0.0303. The lowest BCUT2D eigenvalue weighted by atomic mass is 9.98. The first kappa shape index (κ1) is 24.3. The topological polar surface area (TPSA) is 54.9 Å². The van der Waals surface area contributed by atoms with E-state index >= 15 is 0 Å². The minimum absolute atomic E-state index is 0.0303. The number of rotatable bonds is 8. The molecule has 0 atom stereocenters. The van der Waals surface area contributed by atoms with Crippen LogP contribution in [0.25, 0.3) is 20.5 Å². The van der Waals surface area contributed by atoms with Crippen molar-refractivity contribution in [2.75, 3.05) is 38.9 Å². The molecule has 4 aromatic rings. The van der Waals surface area contributed by atoms with Gasteiger partial charge in [0.2, 0.25) is 0 Å². The fourth-order valence-electron chi connectivity index (χ4n) is 4.82. The van der Waals surface area contributed by atoms with E-state index in [0.717, 1.165) is 57.5 Å². The number of pyridine rings is 1. The number of piperidine rings is 1. The van der Waals surface area contributed by atoms with Gasteiger partial charge >= 0.3 is 0 Å². The number of hydrogen-bond acceptors (Lipinski definition) is 7. The quantitative estimate of drug-likeness (QED) is 0.259. The summed E-state index contributed by atoms with van der Waals surface area (Å²) in [6.45, 7) is 5.08. The standard InChI is InChI=1S/C29H31N3O3S/c1-4-32(31-16-6-5-7-17-31)26-15-10-21(19-30-26)28(33)27-24-14-13-23(35-3)18-25(24)36-29(27)20-8-11-22(34-2)12-9-20/h8-15,18-19H,4-7,16-17H2,1-3H3. The first-order valence-corrected chi connectivity index (χ1v) is 13.2. The third kappa shape index (κ3) is 4.68. The van der Waals surface area contributed by atoms with Crippen molar-refractivity contribution in [1.82, 2.24) is 9.99 Å². The van der Waals surface area contributed by atoms with Crippen LogP contribution in [0.3, 0.4) is 0 Å². The number of hydrazine groups is 1. The van der Waals surface area contributed by atoms with Crippen molar-refractivity contribution in [1.29, 1.82) is 0 Å². The van der Waals surface area contributed by atoms with Crippen molar-refractivity contribution < 1.29 is 14.3 Å². The van der Waals surface area contributed by atoms with E-state index < -0.39 is 0 Å². The average molecular weight is 502 g/mol. The number of anilines is 1. The highest BCUT2D eigenvalue weighted by molar-refractivity contribution is 7.22. The van der Waals surface area contributed by atoms with E-state index in [9.17, 15) is 4.79 Å². The molecule has 6 nitrogen and oxygen atoms in total. The van der Waals surface area contributed by atoms with Gasteiger partial charge in [-0.3, -0.25) is 9.80 Å². The summed E-state index contributed by atoms with van der Waals surface area (Å²) in [6, 6.07) is 17.6. The SMILES string of the molecule is CCN(c1ccc(C(=O)c2c(-c3ccc(OC)cc3)sc3cc(OC)ccc23)cn1)N1CCCCC1. The molecule has 2 aromatic carbocycles. The zero-order chi connectivity index (χ0) is 25.1. The van der Waals surface area contributed by atoms with Crippen LogP contribution in [0.2, 0.25) is 0 Å². The Kier molecular flexibility index (Phi) is 7.20. The van der Waals surface area contributed by atoms with Crippen LogP contribution in [0.15, 0.2) is 60.8 Å². The number of ether oxygens (including phenoxy) is 2. The monoisotopic (exact) mass is 501 g/mol. The van der Waals surface area contributed by atoms with Crippen LogP contribution in [0.4, 0.5) is 5.82 Å². The highest BCUT2D eigenvalue weighted by Gasteiger charge is 2.23. The van der Waals surface area contributed by atoms with Gasteiger partial charge in [-0.05, 0) is 79.9 Å². The van der Waals surface area contributed by atoms with Crippen molar-refractivity contribution in [2.45, 2.75) is 26.2 Å². The van der Waals surface area contributed by atoms with Crippen LogP contribution in [0.1, 0.15) is 42.1 Å². The summed E-state index contributed by atoms with van der Waals surface area (Å²) in [7, 11) is 3.30. The molecule has 0 spiro atoms. The molecule has 0 aliphatic carbocycles. The second kappa shape index (κ2) is 10.7. The fourth-order valence-corrected chi connectivity index (χ4v) is 6.05. The lowest BCUT2D eigenvalue weighted by Gasteiger charge is -2.37. The summed E-state index contributed by atoms with van der Waals surface area (Å²) in [5, 5.41) is 5.52. The summed E-state index contributed by atoms with van der Waals surface area (Å²) >= 11 is 1.60. The molecule has 1 fully saturated rings. The van der Waals surface area contributed by atoms with E-state index in [2.05, 4.69) is 16.9 Å². The van der Waals surface area contributed by atoms with Gasteiger partial charge in [-0.2, -0.15) is 0 Å².